The Labute approximate surface area is 160 Å². The zero-order valence-electron chi connectivity index (χ0n) is 14.2. The zero-order valence-corrected chi connectivity index (χ0v) is 15.7. The summed E-state index contributed by atoms with van der Waals surface area (Å²) in [6.45, 7) is -0.221. The average molecular weight is 398 g/mol. The summed E-state index contributed by atoms with van der Waals surface area (Å²) in [4.78, 5) is 23.9. The number of nitrogens with one attached hydrogen (secondary N) is 1. The van der Waals surface area contributed by atoms with Gasteiger partial charge in [-0.05, 0) is 35.9 Å². The van der Waals surface area contributed by atoms with Gasteiger partial charge < -0.3 is 19.5 Å². The van der Waals surface area contributed by atoms with Crippen LogP contribution < -0.4 is 14.8 Å². The molecule has 0 fully saturated rings. The standard InChI is InChI=1S/C18H17Cl2NO5/c1-24-15-6-4-11(7-16(15)25-2)18(23)26-10-17(22)21-9-12-3-5-13(19)8-14(12)20/h3-8H,9-10H2,1-2H3,(H,21,22). The van der Waals surface area contributed by atoms with E-state index in [-0.39, 0.29) is 12.1 Å². The van der Waals surface area contributed by atoms with Crippen molar-refractivity contribution in [2.45, 2.75) is 6.54 Å². The number of halogens is 2. The normalized spacial score (nSPS) is 10.2. The zero-order chi connectivity index (χ0) is 19.1. The summed E-state index contributed by atoms with van der Waals surface area (Å²) in [6, 6.07) is 9.55. The second kappa shape index (κ2) is 9.31. The molecule has 0 saturated carbocycles. The maximum Gasteiger partial charge on any atom is 0.338 e. The smallest absolute Gasteiger partial charge is 0.338 e. The van der Waals surface area contributed by atoms with Crippen molar-refractivity contribution in [3.8, 4) is 11.5 Å². The number of hydrogen-bond donors (Lipinski definition) is 1. The maximum atomic E-state index is 12.0. The summed E-state index contributed by atoms with van der Waals surface area (Å²) in [5.41, 5.74) is 0.951. The highest BCUT2D eigenvalue weighted by Crippen LogP contribution is 2.27. The summed E-state index contributed by atoms with van der Waals surface area (Å²) in [6.07, 6.45) is 0. The molecular formula is C18H17Cl2NO5. The fourth-order valence-electron chi connectivity index (χ4n) is 2.09. The molecule has 0 atom stereocenters. The second-order valence-electron chi connectivity index (χ2n) is 5.16. The first-order chi connectivity index (χ1) is 12.4. The van der Waals surface area contributed by atoms with Crippen molar-refractivity contribution in [1.29, 1.82) is 0 Å². The Morgan fingerprint density at radius 3 is 2.38 bits per heavy atom. The van der Waals surface area contributed by atoms with Crippen molar-refractivity contribution in [2.24, 2.45) is 0 Å². The van der Waals surface area contributed by atoms with E-state index in [0.717, 1.165) is 0 Å². The highest BCUT2D eigenvalue weighted by Gasteiger charge is 2.14. The van der Waals surface area contributed by atoms with Crippen molar-refractivity contribution in [3.63, 3.8) is 0 Å². The predicted octanol–water partition coefficient (Wildman–Crippen LogP) is 3.48. The van der Waals surface area contributed by atoms with Gasteiger partial charge in [0.05, 0.1) is 19.8 Å². The molecule has 0 aliphatic carbocycles. The molecule has 26 heavy (non-hydrogen) atoms. The fraction of sp³-hybridized carbons (Fsp3) is 0.222. The van der Waals surface area contributed by atoms with E-state index in [1.54, 1.807) is 24.3 Å². The molecule has 0 aliphatic rings. The van der Waals surface area contributed by atoms with Crippen LogP contribution in [0.5, 0.6) is 11.5 Å². The number of carbonyl (C=O) groups excluding carboxylic acids is 2. The second-order valence-corrected chi connectivity index (χ2v) is 6.00. The largest absolute Gasteiger partial charge is 0.493 e. The molecule has 0 spiro atoms. The first-order valence-electron chi connectivity index (χ1n) is 7.54. The first-order valence-corrected chi connectivity index (χ1v) is 8.30. The van der Waals surface area contributed by atoms with Crippen LogP contribution in [0.1, 0.15) is 15.9 Å². The van der Waals surface area contributed by atoms with Gasteiger partial charge in [-0.3, -0.25) is 4.79 Å². The van der Waals surface area contributed by atoms with Gasteiger partial charge in [0.2, 0.25) is 0 Å². The summed E-state index contributed by atoms with van der Waals surface area (Å²) in [5, 5.41) is 3.57. The fourth-order valence-corrected chi connectivity index (χ4v) is 2.56. The Morgan fingerprint density at radius 1 is 1.00 bits per heavy atom. The molecule has 0 bridgehead atoms. The molecule has 0 saturated heterocycles. The summed E-state index contributed by atoms with van der Waals surface area (Å²) in [5.74, 6) is -0.221. The van der Waals surface area contributed by atoms with E-state index in [1.807, 2.05) is 0 Å². The van der Waals surface area contributed by atoms with Gasteiger partial charge in [-0.1, -0.05) is 29.3 Å². The number of methoxy groups -OCH3 is 2. The molecule has 138 valence electrons. The molecule has 1 N–H and O–H groups in total. The van der Waals surface area contributed by atoms with E-state index in [4.69, 9.17) is 37.4 Å². The van der Waals surface area contributed by atoms with Gasteiger partial charge in [0.25, 0.3) is 5.91 Å². The summed E-state index contributed by atoms with van der Waals surface area (Å²) >= 11 is 11.8. The monoisotopic (exact) mass is 397 g/mol. The van der Waals surface area contributed by atoms with Crippen LogP contribution in [0, 0.1) is 0 Å². The molecule has 6 nitrogen and oxygen atoms in total. The van der Waals surface area contributed by atoms with Crippen LogP contribution in [0.4, 0.5) is 0 Å². The van der Waals surface area contributed by atoms with Crippen LogP contribution in [0.3, 0.4) is 0 Å². The SMILES string of the molecule is COc1ccc(C(=O)OCC(=O)NCc2ccc(Cl)cc2Cl)cc1OC. The summed E-state index contributed by atoms with van der Waals surface area (Å²) < 4.78 is 15.2. The Balaban J connectivity index is 1.87. The van der Waals surface area contributed by atoms with Gasteiger partial charge in [0, 0.05) is 16.6 Å². The predicted molar refractivity (Wildman–Crippen MR) is 98.1 cm³/mol. The van der Waals surface area contributed by atoms with Crippen LogP contribution in [0.25, 0.3) is 0 Å². The van der Waals surface area contributed by atoms with Crippen LogP contribution in [0.2, 0.25) is 10.0 Å². The lowest BCUT2D eigenvalue weighted by atomic mass is 10.2. The number of benzene rings is 2. The van der Waals surface area contributed by atoms with Crippen LogP contribution in [-0.2, 0) is 16.1 Å². The van der Waals surface area contributed by atoms with Crippen molar-refractivity contribution in [1.82, 2.24) is 5.32 Å². The highest BCUT2D eigenvalue weighted by molar-refractivity contribution is 6.35. The quantitative estimate of drug-likeness (QED) is 0.723. The van der Waals surface area contributed by atoms with E-state index in [1.165, 1.54) is 26.4 Å². The average Bonchev–Trinajstić information content (AvgIpc) is 2.64. The Kier molecular flexibility index (Phi) is 7.12. The van der Waals surface area contributed by atoms with E-state index < -0.39 is 18.5 Å². The highest BCUT2D eigenvalue weighted by atomic mass is 35.5. The molecule has 2 rings (SSSR count). The minimum Gasteiger partial charge on any atom is -0.493 e. The first kappa shape index (κ1) is 19.9. The number of rotatable bonds is 7. The number of amides is 1. The van der Waals surface area contributed by atoms with Gasteiger partial charge in [0.15, 0.2) is 18.1 Å². The molecule has 0 unspecified atom stereocenters. The lowest BCUT2D eigenvalue weighted by molar-refractivity contribution is -0.124. The van der Waals surface area contributed by atoms with Crippen LogP contribution in [0.15, 0.2) is 36.4 Å². The number of carbonyl (C=O) groups is 2. The van der Waals surface area contributed by atoms with Crippen LogP contribution >= 0.6 is 23.2 Å². The van der Waals surface area contributed by atoms with E-state index >= 15 is 0 Å². The Hall–Kier alpha value is -2.44. The van der Waals surface area contributed by atoms with Crippen molar-refractivity contribution in [3.05, 3.63) is 57.6 Å². The molecule has 8 heteroatoms. The molecule has 2 aromatic rings. The van der Waals surface area contributed by atoms with Gasteiger partial charge in [-0.15, -0.1) is 0 Å². The van der Waals surface area contributed by atoms with E-state index in [2.05, 4.69) is 5.32 Å². The van der Waals surface area contributed by atoms with Gasteiger partial charge in [-0.25, -0.2) is 4.79 Å². The van der Waals surface area contributed by atoms with Gasteiger partial charge in [0.1, 0.15) is 0 Å². The number of ether oxygens (including phenoxy) is 3. The lowest BCUT2D eigenvalue weighted by Gasteiger charge is -2.10. The Bertz CT molecular complexity index is 810. The lowest BCUT2D eigenvalue weighted by Crippen LogP contribution is -2.28. The van der Waals surface area contributed by atoms with Crippen LogP contribution in [-0.4, -0.2) is 32.7 Å². The number of hydrogen-bond acceptors (Lipinski definition) is 5. The Morgan fingerprint density at radius 2 is 1.73 bits per heavy atom. The molecule has 0 aliphatic heterocycles. The third-order valence-electron chi connectivity index (χ3n) is 3.44. The van der Waals surface area contributed by atoms with E-state index in [0.29, 0.717) is 27.1 Å². The molecule has 1 amide bonds. The molecular weight excluding hydrogens is 381 g/mol. The molecule has 0 heterocycles. The number of esters is 1. The third-order valence-corrected chi connectivity index (χ3v) is 4.03. The molecule has 0 radical (unpaired) electrons. The molecule has 0 aromatic heterocycles. The summed E-state index contributed by atoms with van der Waals surface area (Å²) in [7, 11) is 2.95. The van der Waals surface area contributed by atoms with Crippen molar-refractivity contribution in [2.75, 3.05) is 20.8 Å². The van der Waals surface area contributed by atoms with Gasteiger partial charge >= 0.3 is 5.97 Å². The van der Waals surface area contributed by atoms with Crippen molar-refractivity contribution < 1.29 is 23.8 Å². The third kappa shape index (κ3) is 5.28. The minimum absolute atomic E-state index is 0.197. The van der Waals surface area contributed by atoms with Crippen molar-refractivity contribution >= 4 is 35.1 Å². The minimum atomic E-state index is -0.648. The molecule has 2 aromatic carbocycles. The van der Waals surface area contributed by atoms with E-state index in [9.17, 15) is 9.59 Å². The van der Waals surface area contributed by atoms with Gasteiger partial charge in [-0.2, -0.15) is 0 Å². The topological polar surface area (TPSA) is 73.9 Å². The maximum absolute atomic E-state index is 12.0.